The fraction of sp³-hybridized carbons (Fsp3) is 0.714. The van der Waals surface area contributed by atoms with Crippen LogP contribution < -0.4 is 5.32 Å². The van der Waals surface area contributed by atoms with Gasteiger partial charge in [-0.15, -0.1) is 10.2 Å². The van der Waals surface area contributed by atoms with Gasteiger partial charge in [0.05, 0.1) is 5.92 Å². The fourth-order valence-corrected chi connectivity index (χ4v) is 3.20. The molecule has 2 rings (SSSR count). The number of likely N-dealkylation sites (tertiary alicyclic amines) is 1. The molecule has 0 spiro atoms. The Kier molecular flexibility index (Phi) is 4.61. The number of aromatic nitrogens is 2. The largest absolute Gasteiger partial charge is 0.337 e. The SMILES string of the molecule is CCCc1nnc(NC(=O)[C@H]2CC(=O)N(C(C)(C)C)C2)s1. The molecule has 0 radical (unpaired) electrons. The molecule has 2 heterocycles. The first-order valence-corrected chi connectivity index (χ1v) is 8.06. The van der Waals surface area contributed by atoms with Crippen molar-refractivity contribution in [3.05, 3.63) is 5.01 Å². The summed E-state index contributed by atoms with van der Waals surface area (Å²) in [6, 6.07) is 0. The quantitative estimate of drug-likeness (QED) is 0.924. The van der Waals surface area contributed by atoms with Crippen molar-refractivity contribution >= 4 is 28.3 Å². The number of amides is 2. The van der Waals surface area contributed by atoms with E-state index in [2.05, 4.69) is 22.4 Å². The summed E-state index contributed by atoms with van der Waals surface area (Å²) < 4.78 is 0. The highest BCUT2D eigenvalue weighted by atomic mass is 32.1. The van der Waals surface area contributed by atoms with E-state index in [1.165, 1.54) is 11.3 Å². The molecule has 0 unspecified atom stereocenters. The van der Waals surface area contributed by atoms with Crippen molar-refractivity contribution in [2.24, 2.45) is 5.92 Å². The molecule has 1 aromatic heterocycles. The lowest BCUT2D eigenvalue weighted by atomic mass is 10.1. The number of nitrogens with one attached hydrogen (secondary N) is 1. The van der Waals surface area contributed by atoms with E-state index in [9.17, 15) is 9.59 Å². The number of hydrogen-bond donors (Lipinski definition) is 1. The van der Waals surface area contributed by atoms with Crippen LogP contribution in [0.4, 0.5) is 5.13 Å². The van der Waals surface area contributed by atoms with Gasteiger partial charge in [0.2, 0.25) is 16.9 Å². The number of carbonyl (C=O) groups is 2. The smallest absolute Gasteiger partial charge is 0.231 e. The lowest BCUT2D eigenvalue weighted by molar-refractivity contribution is -0.131. The van der Waals surface area contributed by atoms with Crippen molar-refractivity contribution in [2.45, 2.75) is 52.5 Å². The van der Waals surface area contributed by atoms with Crippen LogP contribution in [-0.2, 0) is 16.0 Å². The molecule has 1 aromatic rings. The van der Waals surface area contributed by atoms with Crippen molar-refractivity contribution in [3.8, 4) is 0 Å². The molecule has 0 aromatic carbocycles. The van der Waals surface area contributed by atoms with E-state index in [-0.39, 0.29) is 29.7 Å². The summed E-state index contributed by atoms with van der Waals surface area (Å²) in [7, 11) is 0. The molecule has 1 saturated heterocycles. The van der Waals surface area contributed by atoms with Crippen LogP contribution in [0.15, 0.2) is 0 Å². The molecule has 6 nitrogen and oxygen atoms in total. The van der Waals surface area contributed by atoms with Crippen LogP contribution in [0.5, 0.6) is 0 Å². The Balaban J connectivity index is 1.96. The zero-order valence-electron chi connectivity index (χ0n) is 13.0. The monoisotopic (exact) mass is 310 g/mol. The van der Waals surface area contributed by atoms with E-state index in [4.69, 9.17) is 0 Å². The Morgan fingerprint density at radius 1 is 1.43 bits per heavy atom. The summed E-state index contributed by atoms with van der Waals surface area (Å²) in [5.74, 6) is -0.420. The maximum atomic E-state index is 12.2. The van der Waals surface area contributed by atoms with Gasteiger partial charge in [-0.05, 0) is 27.2 Å². The third-order valence-electron chi connectivity index (χ3n) is 3.47. The summed E-state index contributed by atoms with van der Waals surface area (Å²) in [5.41, 5.74) is -0.247. The molecular weight excluding hydrogens is 288 g/mol. The van der Waals surface area contributed by atoms with Gasteiger partial charge in [-0.2, -0.15) is 0 Å². The number of anilines is 1. The van der Waals surface area contributed by atoms with E-state index in [1.54, 1.807) is 4.90 Å². The molecular formula is C14H22N4O2S. The summed E-state index contributed by atoms with van der Waals surface area (Å²) in [4.78, 5) is 26.0. The molecule has 7 heteroatoms. The first kappa shape index (κ1) is 15.9. The van der Waals surface area contributed by atoms with Gasteiger partial charge in [-0.3, -0.25) is 9.59 Å². The zero-order valence-corrected chi connectivity index (χ0v) is 13.8. The Bertz CT molecular complexity index is 535. The van der Waals surface area contributed by atoms with Gasteiger partial charge in [-0.1, -0.05) is 18.3 Å². The molecule has 0 aliphatic carbocycles. The van der Waals surface area contributed by atoms with Crippen LogP contribution in [-0.4, -0.2) is 39.0 Å². The molecule has 21 heavy (non-hydrogen) atoms. The molecule has 2 amide bonds. The second-order valence-electron chi connectivity index (χ2n) is 6.32. The number of rotatable bonds is 4. The second kappa shape index (κ2) is 6.09. The molecule has 0 bridgehead atoms. The van der Waals surface area contributed by atoms with E-state index < -0.39 is 0 Å². The highest BCUT2D eigenvalue weighted by Gasteiger charge is 2.39. The summed E-state index contributed by atoms with van der Waals surface area (Å²) in [6.07, 6.45) is 2.14. The standard InChI is InChI=1S/C14H22N4O2S/c1-5-6-10-16-17-13(21-10)15-12(20)9-7-11(19)18(8-9)14(2,3)4/h9H,5-8H2,1-4H3,(H,15,17,20)/t9-/m0/s1. The molecule has 1 atom stereocenters. The Hall–Kier alpha value is -1.50. The predicted octanol–water partition coefficient (Wildman–Crippen LogP) is 2.08. The summed E-state index contributed by atoms with van der Waals surface area (Å²) in [5, 5.41) is 12.2. The lowest BCUT2D eigenvalue weighted by Crippen LogP contribution is -2.42. The van der Waals surface area contributed by atoms with Gasteiger partial charge in [-0.25, -0.2) is 0 Å². The molecule has 1 fully saturated rings. The molecule has 1 N–H and O–H groups in total. The predicted molar refractivity (Wildman–Crippen MR) is 82.1 cm³/mol. The number of nitrogens with zero attached hydrogens (tertiary/aromatic N) is 3. The fourth-order valence-electron chi connectivity index (χ4n) is 2.36. The number of hydrogen-bond acceptors (Lipinski definition) is 5. The van der Waals surface area contributed by atoms with E-state index in [0.29, 0.717) is 11.7 Å². The number of carbonyl (C=O) groups excluding carboxylic acids is 2. The summed E-state index contributed by atoms with van der Waals surface area (Å²) in [6.45, 7) is 8.48. The average Bonchev–Trinajstić information content (AvgIpc) is 2.96. The third-order valence-corrected chi connectivity index (χ3v) is 4.36. The minimum Gasteiger partial charge on any atom is -0.337 e. The first-order valence-electron chi connectivity index (χ1n) is 7.25. The Morgan fingerprint density at radius 2 is 2.14 bits per heavy atom. The topological polar surface area (TPSA) is 75.2 Å². The van der Waals surface area contributed by atoms with Crippen LogP contribution in [0.2, 0.25) is 0 Å². The van der Waals surface area contributed by atoms with Crippen molar-refractivity contribution in [1.29, 1.82) is 0 Å². The van der Waals surface area contributed by atoms with E-state index in [1.807, 2.05) is 20.8 Å². The van der Waals surface area contributed by atoms with Crippen LogP contribution in [0.1, 0.15) is 45.5 Å². The van der Waals surface area contributed by atoms with Crippen LogP contribution >= 0.6 is 11.3 Å². The maximum Gasteiger partial charge on any atom is 0.231 e. The van der Waals surface area contributed by atoms with E-state index >= 15 is 0 Å². The number of aryl methyl sites for hydroxylation is 1. The summed E-state index contributed by atoms with van der Waals surface area (Å²) >= 11 is 1.40. The molecule has 116 valence electrons. The van der Waals surface area contributed by atoms with Gasteiger partial charge < -0.3 is 10.2 Å². The van der Waals surface area contributed by atoms with Crippen molar-refractivity contribution < 1.29 is 9.59 Å². The van der Waals surface area contributed by atoms with Crippen LogP contribution in [0.3, 0.4) is 0 Å². The van der Waals surface area contributed by atoms with Gasteiger partial charge in [0.25, 0.3) is 0 Å². The Labute approximate surface area is 128 Å². The van der Waals surface area contributed by atoms with Crippen LogP contribution in [0, 0.1) is 5.92 Å². The lowest BCUT2D eigenvalue weighted by Gasteiger charge is -2.31. The maximum absolute atomic E-state index is 12.2. The molecule has 0 saturated carbocycles. The second-order valence-corrected chi connectivity index (χ2v) is 7.38. The minimum atomic E-state index is -0.310. The first-order chi connectivity index (χ1) is 9.81. The van der Waals surface area contributed by atoms with Gasteiger partial charge in [0, 0.05) is 24.9 Å². The van der Waals surface area contributed by atoms with Gasteiger partial charge in [0.15, 0.2) is 0 Å². The highest BCUT2D eigenvalue weighted by Crippen LogP contribution is 2.27. The van der Waals surface area contributed by atoms with Gasteiger partial charge in [0.1, 0.15) is 5.01 Å². The minimum absolute atomic E-state index is 0.0339. The Morgan fingerprint density at radius 3 is 2.71 bits per heavy atom. The normalized spacial score (nSPS) is 19.1. The molecule has 1 aliphatic heterocycles. The molecule has 1 aliphatic rings. The van der Waals surface area contributed by atoms with Gasteiger partial charge >= 0.3 is 0 Å². The highest BCUT2D eigenvalue weighted by molar-refractivity contribution is 7.15. The van der Waals surface area contributed by atoms with Crippen molar-refractivity contribution in [1.82, 2.24) is 15.1 Å². The third kappa shape index (κ3) is 3.78. The van der Waals surface area contributed by atoms with Crippen LogP contribution in [0.25, 0.3) is 0 Å². The van der Waals surface area contributed by atoms with Crippen molar-refractivity contribution in [2.75, 3.05) is 11.9 Å². The average molecular weight is 310 g/mol. The van der Waals surface area contributed by atoms with Crippen molar-refractivity contribution in [3.63, 3.8) is 0 Å². The zero-order chi connectivity index (χ0) is 15.6. The van der Waals surface area contributed by atoms with E-state index in [0.717, 1.165) is 17.8 Å².